The normalized spacial score (nSPS) is 12.9. The summed E-state index contributed by atoms with van der Waals surface area (Å²) in [6.45, 7) is 13.2. The van der Waals surface area contributed by atoms with Crippen LogP contribution >= 0.6 is 11.8 Å². The van der Waals surface area contributed by atoms with Gasteiger partial charge in [-0.15, -0.1) is 0 Å². The number of carbonyl (C=O) groups excluding carboxylic acids is 4. The number of hydrogen-bond donors (Lipinski definition) is 4. The molecule has 202 valence electrons. The topological polar surface area (TPSA) is 135 Å². The summed E-state index contributed by atoms with van der Waals surface area (Å²) >= 11 is 0.699. The van der Waals surface area contributed by atoms with Gasteiger partial charge in [0, 0.05) is 12.3 Å². The van der Waals surface area contributed by atoms with Gasteiger partial charge < -0.3 is 20.1 Å². The van der Waals surface area contributed by atoms with Crippen molar-refractivity contribution >= 4 is 40.6 Å². The van der Waals surface area contributed by atoms with Crippen LogP contribution in [0.4, 0.5) is 15.3 Å². The van der Waals surface area contributed by atoms with Crippen LogP contribution in [0.1, 0.15) is 72.8 Å². The van der Waals surface area contributed by atoms with Gasteiger partial charge in [0.15, 0.2) is 0 Å². The number of thioether (sulfide) groups is 1. The van der Waals surface area contributed by atoms with Crippen molar-refractivity contribution in [2.24, 2.45) is 0 Å². The molecule has 0 aliphatic heterocycles. The lowest BCUT2D eigenvalue weighted by Gasteiger charge is -2.26. The number of carbonyl (C=O) groups is 4. The Kier molecular flexibility index (Phi) is 13.3. The molecule has 0 spiro atoms. The molecule has 1 aromatic carbocycles. The lowest BCUT2D eigenvalue weighted by Crippen LogP contribution is -2.57. The SMILES string of the molecule is CCCCOC(C)[C@H](NC(=O)OC(C)(C)C)C(=O)NNC(=O)SCC(=O)Nc1ccccc1C(C)C. The van der Waals surface area contributed by atoms with Gasteiger partial charge in [0.2, 0.25) is 5.91 Å². The Morgan fingerprint density at radius 2 is 1.69 bits per heavy atom. The zero-order valence-corrected chi connectivity index (χ0v) is 23.0. The van der Waals surface area contributed by atoms with Crippen LogP contribution < -0.4 is 21.5 Å². The number of nitrogens with one attached hydrogen (secondary N) is 4. The number of ether oxygens (including phenoxy) is 2. The van der Waals surface area contributed by atoms with Gasteiger partial charge in [0.05, 0.1) is 11.9 Å². The first-order valence-electron chi connectivity index (χ1n) is 12.1. The molecule has 4 amide bonds. The van der Waals surface area contributed by atoms with Crippen molar-refractivity contribution in [3.63, 3.8) is 0 Å². The molecule has 0 heterocycles. The summed E-state index contributed by atoms with van der Waals surface area (Å²) in [5.41, 5.74) is 5.47. The second-order valence-electron chi connectivity index (χ2n) is 9.53. The molecule has 0 aromatic heterocycles. The Morgan fingerprint density at radius 1 is 1.03 bits per heavy atom. The predicted molar refractivity (Wildman–Crippen MR) is 142 cm³/mol. The van der Waals surface area contributed by atoms with Gasteiger partial charge in [-0.05, 0) is 51.7 Å². The van der Waals surface area contributed by atoms with Gasteiger partial charge >= 0.3 is 6.09 Å². The number of hydrazine groups is 1. The molecule has 0 aliphatic rings. The van der Waals surface area contributed by atoms with E-state index in [2.05, 4.69) is 21.5 Å². The largest absolute Gasteiger partial charge is 0.444 e. The lowest BCUT2D eigenvalue weighted by atomic mass is 10.0. The molecule has 0 saturated carbocycles. The van der Waals surface area contributed by atoms with Crippen LogP contribution in [-0.4, -0.2) is 53.3 Å². The highest BCUT2D eigenvalue weighted by molar-refractivity contribution is 8.14. The fourth-order valence-electron chi connectivity index (χ4n) is 3.00. The van der Waals surface area contributed by atoms with Crippen molar-refractivity contribution in [1.82, 2.24) is 16.2 Å². The number of hydrogen-bond acceptors (Lipinski definition) is 7. The Hall–Kier alpha value is -2.79. The van der Waals surface area contributed by atoms with Crippen molar-refractivity contribution < 1.29 is 28.7 Å². The number of unbranched alkanes of at least 4 members (excludes halogenated alkanes) is 1. The van der Waals surface area contributed by atoms with Crippen molar-refractivity contribution in [3.05, 3.63) is 29.8 Å². The van der Waals surface area contributed by atoms with Crippen LogP contribution in [0.25, 0.3) is 0 Å². The first-order chi connectivity index (χ1) is 16.8. The summed E-state index contributed by atoms with van der Waals surface area (Å²) in [4.78, 5) is 49.5. The molecular formula is C25H40N4O6S. The van der Waals surface area contributed by atoms with Crippen LogP contribution in [0.2, 0.25) is 0 Å². The third-order valence-corrected chi connectivity index (χ3v) is 5.55. The molecule has 11 heteroatoms. The first kappa shape index (κ1) is 31.2. The number of alkyl carbamates (subject to hydrolysis) is 1. The number of benzene rings is 1. The van der Waals surface area contributed by atoms with Gasteiger partial charge in [-0.1, -0.05) is 57.2 Å². The van der Waals surface area contributed by atoms with Gasteiger partial charge in [-0.2, -0.15) is 0 Å². The van der Waals surface area contributed by atoms with E-state index in [0.29, 0.717) is 24.1 Å². The van der Waals surface area contributed by atoms with Gasteiger partial charge in [-0.25, -0.2) is 4.79 Å². The average molecular weight is 525 g/mol. The highest BCUT2D eigenvalue weighted by Crippen LogP contribution is 2.23. The maximum atomic E-state index is 12.7. The molecule has 10 nitrogen and oxygen atoms in total. The van der Waals surface area contributed by atoms with Crippen molar-refractivity contribution in [3.8, 4) is 0 Å². The van der Waals surface area contributed by atoms with Crippen LogP contribution in [0.5, 0.6) is 0 Å². The van der Waals surface area contributed by atoms with E-state index >= 15 is 0 Å². The van der Waals surface area contributed by atoms with E-state index in [1.165, 1.54) is 0 Å². The molecule has 36 heavy (non-hydrogen) atoms. The molecule has 1 aromatic rings. The minimum absolute atomic E-state index is 0.149. The van der Waals surface area contributed by atoms with E-state index < -0.39 is 35.0 Å². The molecule has 2 atom stereocenters. The molecule has 0 aliphatic carbocycles. The van der Waals surface area contributed by atoms with E-state index in [4.69, 9.17) is 9.47 Å². The Balaban J connectivity index is 2.63. The molecule has 4 N–H and O–H groups in total. The van der Waals surface area contributed by atoms with Crippen LogP contribution in [-0.2, 0) is 19.1 Å². The highest BCUT2D eigenvalue weighted by Gasteiger charge is 2.30. The Bertz CT molecular complexity index is 888. The maximum Gasteiger partial charge on any atom is 0.408 e. The summed E-state index contributed by atoms with van der Waals surface area (Å²) in [6.07, 6.45) is 0.239. The summed E-state index contributed by atoms with van der Waals surface area (Å²) in [5, 5.41) is 4.67. The monoisotopic (exact) mass is 524 g/mol. The standard InChI is InChI=1S/C25H40N4O6S/c1-8-9-14-34-17(4)21(27-23(32)35-25(5,6)7)22(31)28-29-24(33)36-15-20(30)26-19-13-11-10-12-18(19)16(2)3/h10-13,16-17,21H,8-9,14-15H2,1-7H3,(H,26,30)(H,27,32)(H,28,31)(H,29,33)/t17?,21-/m0/s1. The lowest BCUT2D eigenvalue weighted by molar-refractivity contribution is -0.127. The minimum Gasteiger partial charge on any atom is -0.444 e. The van der Waals surface area contributed by atoms with E-state index in [1.807, 2.05) is 39.0 Å². The number of anilines is 1. The molecule has 1 unspecified atom stereocenters. The number of para-hydroxylation sites is 1. The van der Waals surface area contributed by atoms with Crippen molar-refractivity contribution in [1.29, 1.82) is 0 Å². The van der Waals surface area contributed by atoms with Gasteiger partial charge in [0.25, 0.3) is 11.1 Å². The summed E-state index contributed by atoms with van der Waals surface area (Å²) in [5.74, 6) is -0.959. The maximum absolute atomic E-state index is 12.7. The fraction of sp³-hybridized carbons (Fsp3) is 0.600. The smallest absolute Gasteiger partial charge is 0.408 e. The second kappa shape index (κ2) is 15.4. The third kappa shape index (κ3) is 12.3. The Labute approximate surface area is 218 Å². The molecule has 0 bridgehead atoms. The average Bonchev–Trinajstić information content (AvgIpc) is 2.78. The van der Waals surface area contributed by atoms with Crippen LogP contribution in [0, 0.1) is 0 Å². The van der Waals surface area contributed by atoms with Crippen molar-refractivity contribution in [2.45, 2.75) is 85.0 Å². The zero-order valence-electron chi connectivity index (χ0n) is 22.2. The Morgan fingerprint density at radius 3 is 2.31 bits per heavy atom. The fourth-order valence-corrected chi connectivity index (χ4v) is 3.46. The first-order valence-corrected chi connectivity index (χ1v) is 13.0. The summed E-state index contributed by atoms with van der Waals surface area (Å²) < 4.78 is 10.9. The van der Waals surface area contributed by atoms with Crippen LogP contribution in [0.3, 0.4) is 0 Å². The van der Waals surface area contributed by atoms with Gasteiger partial charge in [0.1, 0.15) is 11.6 Å². The van der Waals surface area contributed by atoms with E-state index in [-0.39, 0.29) is 17.6 Å². The molecule has 0 fully saturated rings. The second-order valence-corrected chi connectivity index (χ2v) is 10.5. The minimum atomic E-state index is -1.11. The highest BCUT2D eigenvalue weighted by atomic mass is 32.2. The predicted octanol–water partition coefficient (Wildman–Crippen LogP) is 4.32. The van der Waals surface area contributed by atoms with Crippen molar-refractivity contribution in [2.75, 3.05) is 17.7 Å². The van der Waals surface area contributed by atoms with E-state index in [0.717, 1.165) is 18.4 Å². The van der Waals surface area contributed by atoms with Crippen LogP contribution in [0.15, 0.2) is 24.3 Å². The third-order valence-electron chi connectivity index (χ3n) is 4.78. The molecule has 0 saturated heterocycles. The van der Waals surface area contributed by atoms with E-state index in [9.17, 15) is 19.2 Å². The summed E-state index contributed by atoms with van der Waals surface area (Å²) in [7, 11) is 0. The zero-order chi connectivity index (χ0) is 27.3. The van der Waals surface area contributed by atoms with Gasteiger partial charge in [-0.3, -0.25) is 25.2 Å². The number of amides is 4. The molecular weight excluding hydrogens is 484 g/mol. The van der Waals surface area contributed by atoms with E-state index in [1.54, 1.807) is 33.8 Å². The molecule has 1 rings (SSSR count). The number of rotatable bonds is 11. The quantitative estimate of drug-likeness (QED) is 0.250. The molecule has 0 radical (unpaired) electrons. The summed E-state index contributed by atoms with van der Waals surface area (Å²) in [6, 6.07) is 6.35.